The van der Waals surface area contributed by atoms with Crippen molar-refractivity contribution < 1.29 is 14.8 Å². The van der Waals surface area contributed by atoms with E-state index in [1.165, 1.54) is 18.2 Å². The summed E-state index contributed by atoms with van der Waals surface area (Å²) in [4.78, 5) is 21.7. The summed E-state index contributed by atoms with van der Waals surface area (Å²) in [6, 6.07) is 3.39. The molecule has 0 saturated heterocycles. The summed E-state index contributed by atoms with van der Waals surface area (Å²) in [7, 11) is 0. The summed E-state index contributed by atoms with van der Waals surface area (Å²) in [5.41, 5.74) is -0.0279. The first-order valence-corrected chi connectivity index (χ1v) is 5.73. The lowest BCUT2D eigenvalue weighted by Gasteiger charge is -2.13. The Morgan fingerprint density at radius 3 is 2.72 bits per heavy atom. The van der Waals surface area contributed by atoms with Gasteiger partial charge in [-0.15, -0.1) is 0 Å². The second-order valence-corrected chi connectivity index (χ2v) is 4.09. The standard InChI is InChI=1S/C11H13ClN2O4/c1-2-8(6-15)13-11(16)7-3-4-10(14(17)18)9(12)5-7/h3-5,8,15H,2,6H2,1H3,(H,13,16)/t8-/m0/s1. The van der Waals surface area contributed by atoms with E-state index in [0.717, 1.165) is 0 Å². The van der Waals surface area contributed by atoms with Crippen molar-refractivity contribution in [3.63, 3.8) is 0 Å². The van der Waals surface area contributed by atoms with Gasteiger partial charge in [0.15, 0.2) is 0 Å². The summed E-state index contributed by atoms with van der Waals surface area (Å²) in [6.07, 6.45) is 0.586. The number of hydrogen-bond acceptors (Lipinski definition) is 4. The molecule has 1 amide bonds. The first kappa shape index (κ1) is 14.4. The van der Waals surface area contributed by atoms with E-state index >= 15 is 0 Å². The Morgan fingerprint density at radius 1 is 1.61 bits per heavy atom. The quantitative estimate of drug-likeness (QED) is 0.631. The van der Waals surface area contributed by atoms with Gasteiger partial charge in [0, 0.05) is 11.6 Å². The Labute approximate surface area is 109 Å². The third-order valence-corrected chi connectivity index (χ3v) is 2.76. The van der Waals surface area contributed by atoms with Crippen LogP contribution in [0.1, 0.15) is 23.7 Å². The zero-order valence-corrected chi connectivity index (χ0v) is 10.5. The van der Waals surface area contributed by atoms with Gasteiger partial charge in [0.1, 0.15) is 5.02 Å². The van der Waals surface area contributed by atoms with Crippen molar-refractivity contribution in [1.82, 2.24) is 5.32 Å². The first-order valence-electron chi connectivity index (χ1n) is 5.35. The van der Waals surface area contributed by atoms with Crippen LogP contribution in [0.5, 0.6) is 0 Å². The molecule has 0 spiro atoms. The molecule has 1 atom stereocenters. The van der Waals surface area contributed by atoms with Crippen LogP contribution < -0.4 is 5.32 Å². The molecule has 0 bridgehead atoms. The number of nitrogens with zero attached hydrogens (tertiary/aromatic N) is 1. The van der Waals surface area contributed by atoms with Crippen LogP contribution in [0.15, 0.2) is 18.2 Å². The highest BCUT2D eigenvalue weighted by Crippen LogP contribution is 2.24. The van der Waals surface area contributed by atoms with E-state index in [1.807, 2.05) is 6.92 Å². The lowest BCUT2D eigenvalue weighted by atomic mass is 10.1. The molecule has 18 heavy (non-hydrogen) atoms. The fraction of sp³-hybridized carbons (Fsp3) is 0.364. The molecule has 0 saturated carbocycles. The van der Waals surface area contributed by atoms with Crippen molar-refractivity contribution in [2.75, 3.05) is 6.61 Å². The molecule has 98 valence electrons. The smallest absolute Gasteiger partial charge is 0.287 e. The average molecular weight is 273 g/mol. The minimum Gasteiger partial charge on any atom is -0.394 e. The van der Waals surface area contributed by atoms with Gasteiger partial charge in [0.05, 0.1) is 17.6 Å². The molecule has 0 aromatic heterocycles. The van der Waals surface area contributed by atoms with E-state index < -0.39 is 10.8 Å². The van der Waals surface area contributed by atoms with Gasteiger partial charge in [-0.05, 0) is 18.6 Å². The van der Waals surface area contributed by atoms with Crippen molar-refractivity contribution in [2.24, 2.45) is 0 Å². The maximum atomic E-state index is 11.8. The number of halogens is 1. The van der Waals surface area contributed by atoms with Crippen LogP contribution in [0.3, 0.4) is 0 Å². The molecule has 7 heteroatoms. The Kier molecular flexibility index (Phi) is 5.06. The summed E-state index contributed by atoms with van der Waals surface area (Å²) >= 11 is 5.70. The number of aliphatic hydroxyl groups is 1. The first-order chi connectivity index (χ1) is 8.49. The van der Waals surface area contributed by atoms with Crippen LogP contribution in [0.4, 0.5) is 5.69 Å². The summed E-state index contributed by atoms with van der Waals surface area (Å²) in [5.74, 6) is -0.423. The molecular weight excluding hydrogens is 260 g/mol. The van der Waals surface area contributed by atoms with Gasteiger partial charge in [-0.3, -0.25) is 14.9 Å². The Morgan fingerprint density at radius 2 is 2.28 bits per heavy atom. The van der Waals surface area contributed by atoms with Gasteiger partial charge in [-0.25, -0.2) is 0 Å². The minimum absolute atomic E-state index is 0.0929. The number of nitrogens with one attached hydrogen (secondary N) is 1. The minimum atomic E-state index is -0.618. The molecule has 6 nitrogen and oxygen atoms in total. The number of benzene rings is 1. The zero-order valence-electron chi connectivity index (χ0n) is 9.72. The molecule has 1 aromatic carbocycles. The number of amides is 1. The zero-order chi connectivity index (χ0) is 13.7. The largest absolute Gasteiger partial charge is 0.394 e. The number of nitro benzene ring substituents is 1. The third-order valence-electron chi connectivity index (χ3n) is 2.45. The summed E-state index contributed by atoms with van der Waals surface area (Å²) < 4.78 is 0. The Hall–Kier alpha value is -1.66. The maximum Gasteiger partial charge on any atom is 0.287 e. The third kappa shape index (κ3) is 3.41. The van der Waals surface area contributed by atoms with Gasteiger partial charge in [0.25, 0.3) is 11.6 Å². The van der Waals surface area contributed by atoms with E-state index in [9.17, 15) is 14.9 Å². The van der Waals surface area contributed by atoms with Gasteiger partial charge in [0.2, 0.25) is 0 Å². The monoisotopic (exact) mass is 272 g/mol. The molecule has 0 heterocycles. The fourth-order valence-corrected chi connectivity index (χ4v) is 1.59. The SMILES string of the molecule is CC[C@@H](CO)NC(=O)c1ccc([N+](=O)[O-])c(Cl)c1. The van der Waals surface area contributed by atoms with E-state index in [4.69, 9.17) is 16.7 Å². The second kappa shape index (κ2) is 6.32. The van der Waals surface area contributed by atoms with Crippen LogP contribution >= 0.6 is 11.6 Å². The number of rotatable bonds is 5. The van der Waals surface area contributed by atoms with Crippen molar-refractivity contribution in [3.8, 4) is 0 Å². The fourth-order valence-electron chi connectivity index (χ4n) is 1.34. The molecule has 0 aliphatic heterocycles. The van der Waals surface area contributed by atoms with Crippen molar-refractivity contribution in [1.29, 1.82) is 0 Å². The number of carbonyl (C=O) groups is 1. The highest BCUT2D eigenvalue weighted by molar-refractivity contribution is 6.33. The molecule has 0 fully saturated rings. The van der Waals surface area contributed by atoms with Crippen LogP contribution in [0, 0.1) is 10.1 Å². The number of carbonyl (C=O) groups excluding carboxylic acids is 1. The molecular formula is C11H13ClN2O4. The predicted octanol–water partition coefficient (Wildman–Crippen LogP) is 1.75. The molecule has 0 aliphatic carbocycles. The topological polar surface area (TPSA) is 92.5 Å². The lowest BCUT2D eigenvalue weighted by Crippen LogP contribution is -2.36. The van der Waals surface area contributed by atoms with Gasteiger partial charge in [-0.2, -0.15) is 0 Å². The lowest BCUT2D eigenvalue weighted by molar-refractivity contribution is -0.384. The van der Waals surface area contributed by atoms with E-state index in [1.54, 1.807) is 0 Å². The molecule has 1 rings (SSSR count). The molecule has 1 aromatic rings. The Bertz CT molecular complexity index is 460. The van der Waals surface area contributed by atoms with Gasteiger partial charge < -0.3 is 10.4 Å². The van der Waals surface area contributed by atoms with E-state index in [0.29, 0.717) is 6.42 Å². The summed E-state index contributed by atoms with van der Waals surface area (Å²) in [6.45, 7) is 1.66. The van der Waals surface area contributed by atoms with E-state index in [-0.39, 0.29) is 28.9 Å². The highest BCUT2D eigenvalue weighted by Gasteiger charge is 2.16. The van der Waals surface area contributed by atoms with Gasteiger partial charge in [-0.1, -0.05) is 18.5 Å². The second-order valence-electron chi connectivity index (χ2n) is 3.68. The van der Waals surface area contributed by atoms with Crippen LogP contribution in [0.25, 0.3) is 0 Å². The van der Waals surface area contributed by atoms with Crippen LogP contribution in [-0.2, 0) is 0 Å². The summed E-state index contributed by atoms with van der Waals surface area (Å²) in [5, 5.41) is 22.0. The average Bonchev–Trinajstić information content (AvgIpc) is 2.34. The number of nitro groups is 1. The maximum absolute atomic E-state index is 11.8. The Balaban J connectivity index is 2.88. The molecule has 0 aliphatic rings. The van der Waals surface area contributed by atoms with Crippen LogP contribution in [0.2, 0.25) is 5.02 Å². The predicted molar refractivity (Wildman–Crippen MR) is 66.7 cm³/mol. The molecule has 2 N–H and O–H groups in total. The number of aliphatic hydroxyl groups excluding tert-OH is 1. The number of hydrogen-bond donors (Lipinski definition) is 2. The van der Waals surface area contributed by atoms with Crippen molar-refractivity contribution in [3.05, 3.63) is 38.9 Å². The molecule has 0 unspecified atom stereocenters. The van der Waals surface area contributed by atoms with Gasteiger partial charge >= 0.3 is 0 Å². The van der Waals surface area contributed by atoms with Crippen molar-refractivity contribution in [2.45, 2.75) is 19.4 Å². The van der Waals surface area contributed by atoms with E-state index in [2.05, 4.69) is 5.32 Å². The normalized spacial score (nSPS) is 11.9. The highest BCUT2D eigenvalue weighted by atomic mass is 35.5. The molecule has 0 radical (unpaired) electrons. The van der Waals surface area contributed by atoms with Crippen LogP contribution in [-0.4, -0.2) is 28.6 Å². The van der Waals surface area contributed by atoms with Crippen molar-refractivity contribution >= 4 is 23.2 Å².